The van der Waals surface area contributed by atoms with E-state index in [-0.39, 0.29) is 11.9 Å². The average Bonchev–Trinajstić information content (AvgIpc) is 2.64. The third-order valence-electron chi connectivity index (χ3n) is 4.57. The molecule has 2 atom stereocenters. The van der Waals surface area contributed by atoms with Gasteiger partial charge in [-0.15, -0.1) is 0 Å². The Balaban J connectivity index is 2.16. The zero-order valence-corrected chi connectivity index (χ0v) is 17.1. The topological polar surface area (TPSA) is 52.7 Å². The highest BCUT2D eigenvalue weighted by Gasteiger charge is 2.27. The Kier molecular flexibility index (Phi) is 7.17. The minimum absolute atomic E-state index is 0.0995. The van der Waals surface area contributed by atoms with Gasteiger partial charge in [-0.2, -0.15) is 0 Å². The number of hydrogen-bond acceptors (Lipinski definition) is 4. The Morgan fingerprint density at radius 2 is 1.96 bits per heavy atom. The fraction of sp³-hybridized carbons (Fsp3) is 0.400. The predicted octanol–water partition coefficient (Wildman–Crippen LogP) is 2.76. The Morgan fingerprint density at radius 1 is 1.31 bits per heavy atom. The second-order valence-electron chi connectivity index (χ2n) is 6.91. The number of benzene rings is 1. The van der Waals surface area contributed by atoms with Crippen molar-refractivity contribution in [1.29, 1.82) is 0 Å². The summed E-state index contributed by atoms with van der Waals surface area (Å²) in [5.41, 5.74) is 2.62. The highest BCUT2D eigenvalue weighted by Crippen LogP contribution is 2.27. The normalized spacial score (nSPS) is 21.5. The zero-order chi connectivity index (χ0) is 19.3. The molecule has 1 aromatic carbocycles. The highest BCUT2D eigenvalue weighted by atomic mass is 79.9. The van der Waals surface area contributed by atoms with Crippen molar-refractivity contribution in [2.75, 3.05) is 34.2 Å². The molecule has 1 N–H and O–H groups in total. The van der Waals surface area contributed by atoms with Gasteiger partial charge >= 0.3 is 0 Å². The van der Waals surface area contributed by atoms with E-state index in [2.05, 4.69) is 39.8 Å². The number of carbonyl (C=O) groups is 2. The SMILES string of the molecule is C=C/C(NC1CC(c2ccc(C=O)cc2)CN(C)C1)=C(/Br)C(=O)N(C)C. The van der Waals surface area contributed by atoms with Gasteiger partial charge in [-0.05, 0) is 47.0 Å². The van der Waals surface area contributed by atoms with Crippen LogP contribution in [0.5, 0.6) is 0 Å². The molecular formula is C20H26BrN3O2. The molecule has 26 heavy (non-hydrogen) atoms. The molecule has 1 amide bonds. The summed E-state index contributed by atoms with van der Waals surface area (Å²) in [4.78, 5) is 26.8. The van der Waals surface area contributed by atoms with Crippen molar-refractivity contribution in [2.45, 2.75) is 18.4 Å². The number of piperidine rings is 1. The van der Waals surface area contributed by atoms with Gasteiger partial charge in [0.2, 0.25) is 0 Å². The van der Waals surface area contributed by atoms with Gasteiger partial charge in [-0.3, -0.25) is 9.59 Å². The Bertz CT molecular complexity index is 698. The number of likely N-dealkylation sites (N-methyl/N-ethyl adjacent to an activating group) is 2. The summed E-state index contributed by atoms with van der Waals surface area (Å²) in [5.74, 6) is 0.263. The van der Waals surface area contributed by atoms with E-state index in [1.165, 1.54) is 10.5 Å². The monoisotopic (exact) mass is 419 g/mol. The molecule has 5 nitrogen and oxygen atoms in total. The molecule has 0 bridgehead atoms. The van der Waals surface area contributed by atoms with Crippen LogP contribution in [0.2, 0.25) is 0 Å². The maximum Gasteiger partial charge on any atom is 0.262 e. The zero-order valence-electron chi connectivity index (χ0n) is 15.5. The molecule has 1 aromatic rings. The fourth-order valence-electron chi connectivity index (χ4n) is 3.26. The second-order valence-corrected chi connectivity index (χ2v) is 7.70. The van der Waals surface area contributed by atoms with Crippen LogP contribution < -0.4 is 5.32 Å². The molecule has 6 heteroatoms. The summed E-state index contributed by atoms with van der Waals surface area (Å²) < 4.78 is 0.484. The van der Waals surface area contributed by atoms with Crippen molar-refractivity contribution in [1.82, 2.24) is 15.1 Å². The van der Waals surface area contributed by atoms with Crippen LogP contribution in [0.3, 0.4) is 0 Å². The third kappa shape index (κ3) is 5.05. The second kappa shape index (κ2) is 9.14. The van der Waals surface area contributed by atoms with Gasteiger partial charge in [0.25, 0.3) is 5.91 Å². The lowest BCUT2D eigenvalue weighted by Gasteiger charge is -2.37. The number of aldehydes is 1. The number of rotatable bonds is 6. The molecule has 0 saturated carbocycles. The number of carbonyl (C=O) groups excluding carboxylic acids is 2. The highest BCUT2D eigenvalue weighted by molar-refractivity contribution is 9.12. The maximum absolute atomic E-state index is 12.2. The van der Waals surface area contributed by atoms with Crippen molar-refractivity contribution < 1.29 is 9.59 Å². The van der Waals surface area contributed by atoms with E-state index in [4.69, 9.17) is 0 Å². The van der Waals surface area contributed by atoms with E-state index in [0.29, 0.717) is 21.7 Å². The van der Waals surface area contributed by atoms with Crippen molar-refractivity contribution in [3.63, 3.8) is 0 Å². The van der Waals surface area contributed by atoms with Gasteiger partial charge in [-0.1, -0.05) is 30.8 Å². The van der Waals surface area contributed by atoms with Crippen LogP contribution in [-0.2, 0) is 4.79 Å². The van der Waals surface area contributed by atoms with Crippen molar-refractivity contribution in [3.8, 4) is 0 Å². The molecule has 0 spiro atoms. The molecule has 2 rings (SSSR count). The van der Waals surface area contributed by atoms with E-state index >= 15 is 0 Å². The van der Waals surface area contributed by atoms with E-state index in [0.717, 1.165) is 25.8 Å². The van der Waals surface area contributed by atoms with Gasteiger partial charge in [0, 0.05) is 38.8 Å². The lowest BCUT2D eigenvalue weighted by Crippen LogP contribution is -2.46. The van der Waals surface area contributed by atoms with Crippen LogP contribution in [0.25, 0.3) is 0 Å². The van der Waals surface area contributed by atoms with Crippen molar-refractivity contribution >= 4 is 28.1 Å². The summed E-state index contributed by atoms with van der Waals surface area (Å²) in [7, 11) is 5.54. The van der Waals surface area contributed by atoms with Gasteiger partial charge in [0.05, 0.1) is 5.70 Å². The van der Waals surface area contributed by atoms with Crippen LogP contribution in [-0.4, -0.2) is 62.3 Å². The molecule has 1 aliphatic rings. The first-order valence-corrected chi connectivity index (χ1v) is 9.39. The number of amides is 1. The van der Waals surface area contributed by atoms with Crippen LogP contribution >= 0.6 is 15.9 Å². The number of hydrogen-bond donors (Lipinski definition) is 1. The van der Waals surface area contributed by atoms with Crippen LogP contribution in [0, 0.1) is 0 Å². The van der Waals surface area contributed by atoms with Crippen molar-refractivity contribution in [3.05, 3.63) is 58.2 Å². The summed E-state index contributed by atoms with van der Waals surface area (Å²) in [6.45, 7) is 5.68. The Morgan fingerprint density at radius 3 is 2.50 bits per heavy atom. The molecule has 0 aromatic heterocycles. The minimum atomic E-state index is -0.0995. The molecule has 1 saturated heterocycles. The summed E-state index contributed by atoms with van der Waals surface area (Å²) >= 11 is 3.40. The van der Waals surface area contributed by atoms with Gasteiger partial charge in [0.1, 0.15) is 10.8 Å². The number of nitrogens with one attached hydrogen (secondary N) is 1. The van der Waals surface area contributed by atoms with Crippen LogP contribution in [0.4, 0.5) is 0 Å². The smallest absolute Gasteiger partial charge is 0.262 e. The maximum atomic E-state index is 12.2. The molecule has 1 aliphatic heterocycles. The average molecular weight is 420 g/mol. The van der Waals surface area contributed by atoms with E-state index in [9.17, 15) is 9.59 Å². The van der Waals surface area contributed by atoms with Gasteiger partial charge < -0.3 is 15.1 Å². The van der Waals surface area contributed by atoms with Crippen LogP contribution in [0.1, 0.15) is 28.3 Å². The number of halogens is 1. The first-order valence-electron chi connectivity index (χ1n) is 8.59. The lowest BCUT2D eigenvalue weighted by atomic mass is 9.88. The lowest BCUT2D eigenvalue weighted by molar-refractivity contribution is -0.123. The third-order valence-corrected chi connectivity index (χ3v) is 5.34. The standard InChI is InChI=1S/C20H26BrN3O2/c1-5-18(19(21)20(26)23(2)3)22-17-10-16(11-24(4)12-17)15-8-6-14(13-25)7-9-15/h5-9,13,16-17,22H,1,10-12H2,2-4H3/b19-18-. The molecule has 2 unspecified atom stereocenters. The van der Waals surface area contributed by atoms with E-state index < -0.39 is 0 Å². The molecule has 140 valence electrons. The van der Waals surface area contributed by atoms with Gasteiger partial charge in [-0.25, -0.2) is 0 Å². The van der Waals surface area contributed by atoms with Gasteiger partial charge in [0.15, 0.2) is 0 Å². The van der Waals surface area contributed by atoms with E-state index in [1.54, 1.807) is 20.2 Å². The predicted molar refractivity (Wildman–Crippen MR) is 108 cm³/mol. The molecule has 0 radical (unpaired) electrons. The molecule has 1 fully saturated rings. The Hall–Kier alpha value is -1.92. The minimum Gasteiger partial charge on any atom is -0.380 e. The van der Waals surface area contributed by atoms with Crippen molar-refractivity contribution in [2.24, 2.45) is 0 Å². The first-order chi connectivity index (χ1) is 12.3. The Labute approximate surface area is 163 Å². The fourth-order valence-corrected chi connectivity index (χ4v) is 3.89. The van der Waals surface area contributed by atoms with Crippen LogP contribution in [0.15, 0.2) is 47.1 Å². The summed E-state index contributed by atoms with van der Waals surface area (Å²) in [6, 6.07) is 7.97. The molecule has 1 heterocycles. The quantitative estimate of drug-likeness (QED) is 0.437. The molecular weight excluding hydrogens is 394 g/mol. The summed E-state index contributed by atoms with van der Waals surface area (Å²) in [5, 5.41) is 3.46. The first kappa shape index (κ1) is 20.4. The largest absolute Gasteiger partial charge is 0.380 e. The van der Waals surface area contributed by atoms with E-state index in [1.807, 2.05) is 24.3 Å². The molecule has 0 aliphatic carbocycles. The number of allylic oxidation sites excluding steroid dienone is 1. The number of nitrogens with zero attached hydrogens (tertiary/aromatic N) is 2. The summed E-state index contributed by atoms with van der Waals surface area (Å²) in [6.07, 6.45) is 3.48. The number of likely N-dealkylation sites (tertiary alicyclic amines) is 1.